The number of rotatable bonds is 5. The quantitative estimate of drug-likeness (QED) is 0.732. The van der Waals surface area contributed by atoms with E-state index in [9.17, 15) is 9.18 Å². The third-order valence-electron chi connectivity index (χ3n) is 5.32. The summed E-state index contributed by atoms with van der Waals surface area (Å²) in [7, 11) is 1.61. The van der Waals surface area contributed by atoms with Crippen LogP contribution in [0.5, 0.6) is 5.75 Å². The number of aromatic nitrogens is 1. The summed E-state index contributed by atoms with van der Waals surface area (Å²) >= 11 is 0. The first-order valence-electron chi connectivity index (χ1n) is 9.42. The van der Waals surface area contributed by atoms with E-state index in [0.717, 1.165) is 22.2 Å². The van der Waals surface area contributed by atoms with Gasteiger partial charge >= 0.3 is 0 Å². The second-order valence-electron chi connectivity index (χ2n) is 6.93. The molecule has 6 heteroatoms. The van der Waals surface area contributed by atoms with E-state index in [4.69, 9.17) is 9.47 Å². The van der Waals surface area contributed by atoms with Crippen molar-refractivity contribution in [2.24, 2.45) is 0 Å². The summed E-state index contributed by atoms with van der Waals surface area (Å²) in [6, 6.07) is 12.4. The first-order valence-corrected chi connectivity index (χ1v) is 9.42. The number of halogens is 1. The van der Waals surface area contributed by atoms with Crippen LogP contribution in [0.15, 0.2) is 48.7 Å². The van der Waals surface area contributed by atoms with E-state index in [0.29, 0.717) is 31.9 Å². The van der Waals surface area contributed by atoms with Crippen LogP contribution in [-0.4, -0.2) is 49.2 Å². The maximum Gasteiger partial charge on any atom is 0.223 e. The molecular formula is C22H23FN2O3. The monoisotopic (exact) mass is 382 g/mol. The molecule has 5 nitrogen and oxygen atoms in total. The minimum atomic E-state index is -0.391. The molecule has 28 heavy (non-hydrogen) atoms. The van der Waals surface area contributed by atoms with Crippen LogP contribution in [0.3, 0.4) is 0 Å². The molecule has 1 amide bonds. The number of nitrogens with one attached hydrogen (secondary N) is 1. The van der Waals surface area contributed by atoms with Gasteiger partial charge in [0.1, 0.15) is 11.6 Å². The Morgan fingerprint density at radius 1 is 1.21 bits per heavy atom. The van der Waals surface area contributed by atoms with E-state index < -0.39 is 5.92 Å². The third-order valence-corrected chi connectivity index (χ3v) is 5.32. The van der Waals surface area contributed by atoms with Gasteiger partial charge in [-0.25, -0.2) is 4.39 Å². The molecule has 1 aliphatic rings. The zero-order chi connectivity index (χ0) is 19.5. The molecule has 1 aliphatic heterocycles. The van der Waals surface area contributed by atoms with Gasteiger partial charge in [0, 0.05) is 42.5 Å². The SMILES string of the molecule is COc1ccc2[nH]cc([C@H](CC(=O)N3CCOCC3)c3ccccc3F)c2c1. The Labute approximate surface area is 163 Å². The molecule has 0 aliphatic carbocycles. The van der Waals surface area contributed by atoms with Crippen LogP contribution in [0, 0.1) is 5.82 Å². The maximum absolute atomic E-state index is 14.7. The lowest BCUT2D eigenvalue weighted by Gasteiger charge is -2.28. The number of ether oxygens (including phenoxy) is 2. The van der Waals surface area contributed by atoms with Crippen LogP contribution in [-0.2, 0) is 9.53 Å². The largest absolute Gasteiger partial charge is 0.497 e. The van der Waals surface area contributed by atoms with Crippen molar-refractivity contribution >= 4 is 16.8 Å². The molecule has 2 aromatic carbocycles. The molecule has 0 unspecified atom stereocenters. The van der Waals surface area contributed by atoms with Gasteiger partial charge in [0.05, 0.1) is 20.3 Å². The number of carbonyl (C=O) groups excluding carboxylic acids is 1. The first-order chi connectivity index (χ1) is 13.7. The molecule has 146 valence electrons. The highest BCUT2D eigenvalue weighted by Gasteiger charge is 2.27. The second-order valence-corrected chi connectivity index (χ2v) is 6.93. The average Bonchev–Trinajstić information content (AvgIpc) is 3.16. The van der Waals surface area contributed by atoms with E-state index >= 15 is 0 Å². The van der Waals surface area contributed by atoms with Crippen LogP contribution in [0.25, 0.3) is 10.9 Å². The number of methoxy groups -OCH3 is 1. The van der Waals surface area contributed by atoms with E-state index in [1.165, 1.54) is 6.07 Å². The van der Waals surface area contributed by atoms with Crippen LogP contribution in [0.4, 0.5) is 4.39 Å². The molecule has 0 radical (unpaired) electrons. The third kappa shape index (κ3) is 3.60. The zero-order valence-electron chi connectivity index (χ0n) is 15.8. The Morgan fingerprint density at radius 3 is 2.75 bits per heavy atom. The fraction of sp³-hybridized carbons (Fsp3) is 0.318. The van der Waals surface area contributed by atoms with Gasteiger partial charge < -0.3 is 19.4 Å². The normalized spacial score (nSPS) is 15.6. The molecule has 1 aromatic heterocycles. The number of H-pyrrole nitrogens is 1. The van der Waals surface area contributed by atoms with Gasteiger partial charge in [-0.2, -0.15) is 0 Å². The highest BCUT2D eigenvalue weighted by molar-refractivity contribution is 5.87. The molecule has 0 saturated carbocycles. The number of morpholine rings is 1. The summed E-state index contributed by atoms with van der Waals surface area (Å²) in [6.07, 6.45) is 2.07. The van der Waals surface area contributed by atoms with Crippen molar-refractivity contribution in [2.45, 2.75) is 12.3 Å². The van der Waals surface area contributed by atoms with Gasteiger partial charge in [-0.1, -0.05) is 18.2 Å². The first kappa shape index (κ1) is 18.5. The molecule has 4 rings (SSSR count). The van der Waals surface area contributed by atoms with Crippen molar-refractivity contribution in [1.29, 1.82) is 0 Å². The Hall–Kier alpha value is -2.86. The molecular weight excluding hydrogens is 359 g/mol. The summed E-state index contributed by atoms with van der Waals surface area (Å²) in [5.74, 6) is 0.0332. The van der Waals surface area contributed by atoms with Crippen LogP contribution >= 0.6 is 0 Å². The smallest absolute Gasteiger partial charge is 0.223 e. The predicted octanol–water partition coefficient (Wildman–Crippen LogP) is 3.70. The number of fused-ring (bicyclic) bond motifs is 1. The summed E-state index contributed by atoms with van der Waals surface area (Å²) < 4.78 is 25.4. The Bertz CT molecular complexity index is 979. The van der Waals surface area contributed by atoms with Crippen molar-refractivity contribution in [2.75, 3.05) is 33.4 Å². The fourth-order valence-corrected chi connectivity index (χ4v) is 3.80. The average molecular weight is 382 g/mol. The fourth-order valence-electron chi connectivity index (χ4n) is 3.80. The van der Waals surface area contributed by atoms with Crippen molar-refractivity contribution in [1.82, 2.24) is 9.88 Å². The standard InChI is InChI=1S/C22H23FN2O3/c1-27-15-6-7-21-18(12-15)19(14-24-21)17(16-4-2-3-5-20(16)23)13-22(26)25-8-10-28-11-9-25/h2-7,12,14,17,24H,8-11,13H2,1H3/t17-/m1/s1. The summed E-state index contributed by atoms with van der Waals surface area (Å²) in [5, 5.41) is 0.933. The van der Waals surface area contributed by atoms with Gasteiger partial charge in [0.25, 0.3) is 0 Å². The predicted molar refractivity (Wildman–Crippen MR) is 105 cm³/mol. The summed E-state index contributed by atoms with van der Waals surface area (Å²) in [5.41, 5.74) is 2.34. The van der Waals surface area contributed by atoms with Crippen LogP contribution in [0.1, 0.15) is 23.5 Å². The van der Waals surface area contributed by atoms with Crippen molar-refractivity contribution in [3.63, 3.8) is 0 Å². The minimum Gasteiger partial charge on any atom is -0.497 e. The molecule has 3 aromatic rings. The van der Waals surface area contributed by atoms with Crippen molar-refractivity contribution in [3.8, 4) is 5.75 Å². The van der Waals surface area contributed by atoms with Gasteiger partial charge in [-0.05, 0) is 35.4 Å². The van der Waals surface area contributed by atoms with E-state index in [2.05, 4.69) is 4.98 Å². The Balaban J connectivity index is 1.75. The van der Waals surface area contributed by atoms with Gasteiger partial charge in [0.15, 0.2) is 0 Å². The van der Waals surface area contributed by atoms with E-state index in [-0.39, 0.29) is 18.1 Å². The summed E-state index contributed by atoms with van der Waals surface area (Å²) in [6.45, 7) is 2.23. The van der Waals surface area contributed by atoms with Gasteiger partial charge in [-0.3, -0.25) is 4.79 Å². The van der Waals surface area contributed by atoms with Crippen LogP contribution in [0.2, 0.25) is 0 Å². The molecule has 2 heterocycles. The van der Waals surface area contributed by atoms with E-state index in [1.807, 2.05) is 24.4 Å². The molecule has 1 atom stereocenters. The second kappa shape index (κ2) is 8.02. The number of benzene rings is 2. The molecule has 0 bridgehead atoms. The number of hydrogen-bond donors (Lipinski definition) is 1. The van der Waals surface area contributed by atoms with Crippen LogP contribution < -0.4 is 4.74 Å². The lowest BCUT2D eigenvalue weighted by Crippen LogP contribution is -2.41. The number of nitrogens with zero attached hydrogens (tertiary/aromatic N) is 1. The minimum absolute atomic E-state index is 0.00815. The lowest BCUT2D eigenvalue weighted by molar-refractivity contribution is -0.135. The Morgan fingerprint density at radius 2 is 2.00 bits per heavy atom. The molecule has 1 N–H and O–H groups in total. The molecule has 1 saturated heterocycles. The zero-order valence-corrected chi connectivity index (χ0v) is 15.8. The van der Waals surface area contributed by atoms with E-state index in [1.54, 1.807) is 30.2 Å². The van der Waals surface area contributed by atoms with Crippen molar-refractivity contribution in [3.05, 3.63) is 65.6 Å². The Kier molecular flexibility index (Phi) is 5.30. The molecule has 0 spiro atoms. The highest BCUT2D eigenvalue weighted by Crippen LogP contribution is 2.36. The number of aromatic amines is 1. The molecule has 1 fully saturated rings. The number of amides is 1. The number of carbonyl (C=O) groups is 1. The van der Waals surface area contributed by atoms with Crippen molar-refractivity contribution < 1.29 is 18.7 Å². The van der Waals surface area contributed by atoms with Gasteiger partial charge in [0.2, 0.25) is 5.91 Å². The highest BCUT2D eigenvalue weighted by atomic mass is 19.1. The lowest BCUT2D eigenvalue weighted by atomic mass is 9.87. The topological polar surface area (TPSA) is 54.6 Å². The maximum atomic E-state index is 14.7. The van der Waals surface area contributed by atoms with Gasteiger partial charge in [-0.15, -0.1) is 0 Å². The number of hydrogen-bond acceptors (Lipinski definition) is 3. The summed E-state index contributed by atoms with van der Waals surface area (Å²) in [4.78, 5) is 18.0.